The van der Waals surface area contributed by atoms with Gasteiger partial charge in [-0.2, -0.15) is 0 Å². The molecule has 3 aliphatic heterocycles. The average molecular weight is 356 g/mol. The highest BCUT2D eigenvalue weighted by Crippen LogP contribution is 2.38. The summed E-state index contributed by atoms with van der Waals surface area (Å²) in [6.07, 6.45) is 2.44. The molecule has 3 aliphatic rings. The Hall–Kier alpha value is -0.720. The fourth-order valence-electron chi connectivity index (χ4n) is 3.68. The van der Waals surface area contributed by atoms with Crippen LogP contribution in [0.5, 0.6) is 0 Å². The molecule has 3 fully saturated rings. The van der Waals surface area contributed by atoms with Crippen molar-refractivity contribution < 1.29 is 4.39 Å². The van der Waals surface area contributed by atoms with Gasteiger partial charge in [0.2, 0.25) is 0 Å². The van der Waals surface area contributed by atoms with Gasteiger partial charge in [-0.15, -0.1) is 0 Å². The summed E-state index contributed by atoms with van der Waals surface area (Å²) in [5, 5.41) is 0. The van der Waals surface area contributed by atoms with Crippen LogP contribution in [0.15, 0.2) is 16.6 Å². The predicted molar refractivity (Wildman–Crippen MR) is 83.0 cm³/mol. The number of nitrogens with one attached hydrogen (secondary N) is 1. The molecule has 2 aromatic rings. The van der Waals surface area contributed by atoms with E-state index in [4.69, 9.17) is 12.2 Å². The lowest BCUT2D eigenvalue weighted by molar-refractivity contribution is 0.0582. The number of fused-ring (bicyclic) bond motifs is 4. The van der Waals surface area contributed by atoms with Gasteiger partial charge in [-0.25, -0.2) is 4.39 Å². The van der Waals surface area contributed by atoms with Crippen molar-refractivity contribution >= 4 is 39.2 Å². The Morgan fingerprint density at radius 1 is 1.30 bits per heavy atom. The summed E-state index contributed by atoms with van der Waals surface area (Å²) in [7, 11) is 0. The first kappa shape index (κ1) is 13.0. The number of rotatable bonds is 1. The van der Waals surface area contributed by atoms with Crippen molar-refractivity contribution in [3.8, 4) is 0 Å². The molecule has 20 heavy (non-hydrogen) atoms. The molecule has 1 N–H and O–H groups in total. The van der Waals surface area contributed by atoms with Gasteiger partial charge in [-0.1, -0.05) is 0 Å². The van der Waals surface area contributed by atoms with Crippen molar-refractivity contribution in [1.29, 1.82) is 0 Å². The van der Waals surface area contributed by atoms with E-state index in [0.29, 0.717) is 21.2 Å². The molecule has 6 heteroatoms. The van der Waals surface area contributed by atoms with Gasteiger partial charge in [0, 0.05) is 12.6 Å². The number of benzene rings is 1. The Balaban J connectivity index is 1.89. The molecule has 106 valence electrons. The fourth-order valence-corrected chi connectivity index (χ4v) is 4.36. The molecular weight excluding hydrogens is 341 g/mol. The highest BCUT2D eigenvalue weighted by atomic mass is 79.9. The monoisotopic (exact) mass is 355 g/mol. The highest BCUT2D eigenvalue weighted by Gasteiger charge is 2.36. The van der Waals surface area contributed by atoms with E-state index < -0.39 is 0 Å². The number of piperidine rings is 3. The third-order valence-corrected chi connectivity index (χ3v) is 5.62. The summed E-state index contributed by atoms with van der Waals surface area (Å²) < 4.78 is 17.2. The summed E-state index contributed by atoms with van der Waals surface area (Å²) in [5.74, 6) is 0.430. The lowest BCUT2D eigenvalue weighted by Crippen LogP contribution is -2.48. The van der Waals surface area contributed by atoms with Crippen LogP contribution in [0, 0.1) is 16.5 Å². The number of halogens is 2. The standard InChI is InChI=1S/C14H15BrFN3S/c15-9-5-11-12(6-10(9)16)19(14(20)17-11)13-7-18-3-1-8(13)2-4-18/h5-6,8,13H,1-4,7H2,(H,17,20). The smallest absolute Gasteiger partial charge is 0.178 e. The Morgan fingerprint density at radius 3 is 2.70 bits per heavy atom. The fraction of sp³-hybridized carbons (Fsp3) is 0.500. The van der Waals surface area contributed by atoms with E-state index in [-0.39, 0.29) is 5.82 Å². The first-order valence-electron chi connectivity index (χ1n) is 6.95. The molecule has 3 nitrogen and oxygen atoms in total. The van der Waals surface area contributed by atoms with Crippen LogP contribution in [0.4, 0.5) is 4.39 Å². The van der Waals surface area contributed by atoms with Crippen LogP contribution in [0.25, 0.3) is 11.0 Å². The third kappa shape index (κ3) is 1.89. The van der Waals surface area contributed by atoms with Crippen molar-refractivity contribution in [3.63, 3.8) is 0 Å². The van der Waals surface area contributed by atoms with Crippen LogP contribution in [-0.2, 0) is 0 Å². The molecule has 0 spiro atoms. The van der Waals surface area contributed by atoms with Crippen molar-refractivity contribution in [3.05, 3.63) is 27.2 Å². The Kier molecular flexibility index (Phi) is 3.01. The van der Waals surface area contributed by atoms with Gasteiger partial charge >= 0.3 is 0 Å². The Morgan fingerprint density at radius 2 is 2.05 bits per heavy atom. The molecule has 0 radical (unpaired) electrons. The third-order valence-electron chi connectivity index (χ3n) is 4.71. The summed E-state index contributed by atoms with van der Waals surface area (Å²) in [5.41, 5.74) is 1.79. The quantitative estimate of drug-likeness (QED) is 0.785. The van der Waals surface area contributed by atoms with Gasteiger partial charge in [0.15, 0.2) is 4.77 Å². The highest BCUT2D eigenvalue weighted by molar-refractivity contribution is 9.10. The number of nitrogens with zero attached hydrogens (tertiary/aromatic N) is 2. The number of hydrogen-bond donors (Lipinski definition) is 1. The zero-order valence-corrected chi connectivity index (χ0v) is 13.3. The van der Waals surface area contributed by atoms with Gasteiger partial charge in [-0.3, -0.25) is 0 Å². The van der Waals surface area contributed by atoms with Gasteiger partial charge in [0.1, 0.15) is 5.82 Å². The normalized spacial score (nSPS) is 29.2. The molecule has 0 saturated carbocycles. The number of aromatic nitrogens is 2. The van der Waals surface area contributed by atoms with E-state index in [1.54, 1.807) is 12.1 Å². The average Bonchev–Trinajstić information content (AvgIpc) is 2.76. The number of aromatic amines is 1. The first-order valence-corrected chi connectivity index (χ1v) is 8.15. The van der Waals surface area contributed by atoms with E-state index in [2.05, 4.69) is 30.4 Å². The van der Waals surface area contributed by atoms with Gasteiger partial charge in [0.05, 0.1) is 21.5 Å². The molecule has 1 aromatic heterocycles. The van der Waals surface area contributed by atoms with E-state index >= 15 is 0 Å². The molecule has 2 bridgehead atoms. The zero-order chi connectivity index (χ0) is 13.9. The van der Waals surface area contributed by atoms with Crippen LogP contribution >= 0.6 is 28.1 Å². The second-order valence-corrected chi connectivity index (χ2v) is 7.03. The number of hydrogen-bond acceptors (Lipinski definition) is 2. The SMILES string of the molecule is Fc1cc2c(cc1Br)[nH]c(=S)n2C1CN2CCC1CC2. The van der Waals surface area contributed by atoms with Crippen LogP contribution in [0.3, 0.4) is 0 Å². The van der Waals surface area contributed by atoms with Gasteiger partial charge in [-0.05, 0) is 66.1 Å². The largest absolute Gasteiger partial charge is 0.331 e. The Bertz CT molecular complexity index is 730. The molecule has 5 rings (SSSR count). The minimum absolute atomic E-state index is 0.235. The maximum atomic E-state index is 13.9. The lowest BCUT2D eigenvalue weighted by atomic mass is 9.84. The van der Waals surface area contributed by atoms with Gasteiger partial charge in [0.25, 0.3) is 0 Å². The van der Waals surface area contributed by atoms with Crippen molar-refractivity contribution in [2.45, 2.75) is 18.9 Å². The maximum Gasteiger partial charge on any atom is 0.178 e. The second kappa shape index (κ2) is 4.64. The van der Waals surface area contributed by atoms with Crippen molar-refractivity contribution in [2.24, 2.45) is 5.92 Å². The number of H-pyrrole nitrogens is 1. The molecule has 1 atom stereocenters. The van der Waals surface area contributed by atoms with Crippen LogP contribution in [0.1, 0.15) is 18.9 Å². The first-order chi connectivity index (χ1) is 9.63. The van der Waals surface area contributed by atoms with Crippen LogP contribution < -0.4 is 0 Å². The van der Waals surface area contributed by atoms with E-state index in [1.165, 1.54) is 25.9 Å². The van der Waals surface area contributed by atoms with Crippen molar-refractivity contribution in [1.82, 2.24) is 14.5 Å². The van der Waals surface area contributed by atoms with E-state index in [1.807, 2.05) is 0 Å². The molecule has 0 aliphatic carbocycles. The maximum absolute atomic E-state index is 13.9. The minimum Gasteiger partial charge on any atom is -0.331 e. The molecular formula is C14H15BrFN3S. The van der Waals surface area contributed by atoms with Gasteiger partial charge < -0.3 is 14.5 Å². The predicted octanol–water partition coefficient (Wildman–Crippen LogP) is 3.87. The molecule has 1 unspecified atom stereocenters. The van der Waals surface area contributed by atoms with Crippen LogP contribution in [0.2, 0.25) is 0 Å². The molecule has 1 aromatic carbocycles. The molecule has 4 heterocycles. The zero-order valence-electron chi connectivity index (χ0n) is 10.9. The summed E-state index contributed by atoms with van der Waals surface area (Å²) in [6, 6.07) is 3.74. The number of imidazole rings is 1. The minimum atomic E-state index is -0.235. The van der Waals surface area contributed by atoms with E-state index in [0.717, 1.165) is 17.6 Å². The van der Waals surface area contributed by atoms with Crippen LogP contribution in [-0.4, -0.2) is 34.1 Å². The summed E-state index contributed by atoms with van der Waals surface area (Å²) in [6.45, 7) is 3.41. The molecule has 0 amide bonds. The summed E-state index contributed by atoms with van der Waals surface area (Å²) in [4.78, 5) is 5.70. The topological polar surface area (TPSA) is 24.0 Å². The molecule has 3 saturated heterocycles. The van der Waals surface area contributed by atoms with E-state index in [9.17, 15) is 4.39 Å². The van der Waals surface area contributed by atoms with Crippen molar-refractivity contribution in [2.75, 3.05) is 19.6 Å². The summed E-state index contributed by atoms with van der Waals surface area (Å²) >= 11 is 8.72. The Labute approximate surface area is 129 Å². The lowest BCUT2D eigenvalue weighted by Gasteiger charge is -2.45. The second-order valence-electron chi connectivity index (χ2n) is 5.79.